The maximum atomic E-state index is 3.79. The normalized spacial score (nSPS) is 49.2. The van der Waals surface area contributed by atoms with Gasteiger partial charge in [-0.3, -0.25) is 0 Å². The predicted molar refractivity (Wildman–Crippen MR) is 55.4 cm³/mol. The van der Waals surface area contributed by atoms with Crippen molar-refractivity contribution in [1.82, 2.24) is 0 Å². The third-order valence-corrected chi connectivity index (χ3v) is 5.24. The molecule has 62 valence electrons. The molecule has 2 aliphatic rings. The molecule has 0 aliphatic heterocycles. The highest BCUT2D eigenvalue weighted by Crippen LogP contribution is 2.49. The number of halogens is 2. The third kappa shape index (κ3) is 1.23. The molecule has 2 heteroatoms. The molecule has 0 heterocycles. The average molecular weight is 280 g/mol. The summed E-state index contributed by atoms with van der Waals surface area (Å²) in [6.45, 7) is 2.26. The number of alkyl halides is 2. The quantitative estimate of drug-likeness (QED) is 0.470. The van der Waals surface area contributed by atoms with Crippen LogP contribution in [0.25, 0.3) is 0 Å². The van der Waals surface area contributed by atoms with Gasteiger partial charge in [0, 0.05) is 15.6 Å². The monoisotopic (exact) mass is 278 g/mol. The van der Waals surface area contributed by atoms with Crippen molar-refractivity contribution in [3.8, 4) is 0 Å². The molecule has 0 unspecified atom stereocenters. The molecule has 0 nitrogen and oxygen atoms in total. The van der Waals surface area contributed by atoms with Crippen molar-refractivity contribution in [3.63, 3.8) is 0 Å². The fourth-order valence-electron chi connectivity index (χ4n) is 2.29. The van der Waals surface area contributed by atoms with E-state index in [1.54, 1.807) is 5.57 Å². The van der Waals surface area contributed by atoms with E-state index in [9.17, 15) is 0 Å². The Morgan fingerprint density at radius 1 is 1.45 bits per heavy atom. The summed E-state index contributed by atoms with van der Waals surface area (Å²) in [6.07, 6.45) is 5.03. The van der Waals surface area contributed by atoms with Gasteiger partial charge < -0.3 is 0 Å². The Kier molecular flexibility index (Phi) is 2.17. The van der Waals surface area contributed by atoms with Crippen LogP contribution in [-0.2, 0) is 0 Å². The second-order valence-corrected chi connectivity index (χ2v) is 5.90. The van der Waals surface area contributed by atoms with E-state index in [1.807, 2.05) is 0 Å². The van der Waals surface area contributed by atoms with Crippen molar-refractivity contribution < 1.29 is 0 Å². The number of rotatable bonds is 0. The maximum Gasteiger partial charge on any atom is 0.0253 e. The van der Waals surface area contributed by atoms with E-state index < -0.39 is 0 Å². The largest absolute Gasteiger partial charge is 0.0884 e. The van der Waals surface area contributed by atoms with Crippen LogP contribution in [0.2, 0.25) is 0 Å². The topological polar surface area (TPSA) is 0 Å². The highest BCUT2D eigenvalue weighted by molar-refractivity contribution is 9.10. The lowest BCUT2D eigenvalue weighted by Gasteiger charge is -2.25. The molecule has 1 saturated carbocycles. The summed E-state index contributed by atoms with van der Waals surface area (Å²) < 4.78 is 0. The van der Waals surface area contributed by atoms with Gasteiger partial charge in [-0.05, 0) is 25.7 Å². The Hall–Kier alpha value is 0.700. The molecule has 0 aromatic rings. The molecule has 0 radical (unpaired) electrons. The first-order chi connectivity index (χ1) is 5.20. The summed E-state index contributed by atoms with van der Waals surface area (Å²) in [4.78, 5) is 1.45. The SMILES string of the molecule is CC1=CC[C@@H]2C[C@@H](Br)[C@H]1[C@H]2Br. The number of allylic oxidation sites excluding steroid dienone is 2. The highest BCUT2D eigenvalue weighted by Gasteiger charge is 2.43. The molecule has 0 amide bonds. The van der Waals surface area contributed by atoms with Crippen LogP contribution in [-0.4, -0.2) is 9.65 Å². The molecular formula is C9H12Br2. The summed E-state index contributed by atoms with van der Waals surface area (Å²) in [5, 5.41) is 0. The molecule has 0 saturated heterocycles. The van der Waals surface area contributed by atoms with Gasteiger partial charge in [0.2, 0.25) is 0 Å². The second-order valence-electron chi connectivity index (χ2n) is 3.67. The molecule has 0 aromatic heterocycles. The van der Waals surface area contributed by atoms with Gasteiger partial charge in [0.05, 0.1) is 0 Å². The fraction of sp³-hybridized carbons (Fsp3) is 0.778. The van der Waals surface area contributed by atoms with Gasteiger partial charge in [-0.15, -0.1) is 0 Å². The minimum Gasteiger partial charge on any atom is -0.0884 e. The van der Waals surface area contributed by atoms with E-state index in [0.29, 0.717) is 0 Å². The maximum absolute atomic E-state index is 3.79. The van der Waals surface area contributed by atoms with E-state index >= 15 is 0 Å². The Morgan fingerprint density at radius 2 is 2.18 bits per heavy atom. The summed E-state index contributed by atoms with van der Waals surface area (Å²) >= 11 is 7.55. The van der Waals surface area contributed by atoms with E-state index in [1.165, 1.54) is 12.8 Å². The first-order valence-electron chi connectivity index (χ1n) is 4.15. The molecule has 0 spiro atoms. The van der Waals surface area contributed by atoms with E-state index in [4.69, 9.17) is 0 Å². The Morgan fingerprint density at radius 3 is 2.82 bits per heavy atom. The summed E-state index contributed by atoms with van der Waals surface area (Å²) in [7, 11) is 0. The molecule has 1 fully saturated rings. The fourth-order valence-corrected chi connectivity index (χ4v) is 5.15. The minimum absolute atomic E-state index is 0.718. The summed E-state index contributed by atoms with van der Waals surface area (Å²) in [6, 6.07) is 0. The zero-order valence-corrected chi connectivity index (χ0v) is 9.73. The van der Waals surface area contributed by atoms with Gasteiger partial charge in [-0.2, -0.15) is 0 Å². The lowest BCUT2D eigenvalue weighted by Crippen LogP contribution is -2.21. The van der Waals surface area contributed by atoms with Gasteiger partial charge in [0.25, 0.3) is 0 Å². The molecule has 2 rings (SSSR count). The van der Waals surface area contributed by atoms with Crippen LogP contribution in [0.1, 0.15) is 19.8 Å². The molecule has 2 aliphatic carbocycles. The molecule has 2 bridgehead atoms. The molecular weight excluding hydrogens is 268 g/mol. The van der Waals surface area contributed by atoms with Gasteiger partial charge in [0.15, 0.2) is 0 Å². The van der Waals surface area contributed by atoms with Crippen molar-refractivity contribution in [2.24, 2.45) is 11.8 Å². The van der Waals surface area contributed by atoms with Crippen LogP contribution >= 0.6 is 31.9 Å². The zero-order chi connectivity index (χ0) is 8.01. The Bertz CT molecular complexity index is 198. The van der Waals surface area contributed by atoms with Gasteiger partial charge >= 0.3 is 0 Å². The highest BCUT2D eigenvalue weighted by atomic mass is 79.9. The predicted octanol–water partition coefficient (Wildman–Crippen LogP) is 3.50. The Balaban J connectivity index is 2.29. The molecule has 0 aromatic carbocycles. The first kappa shape index (κ1) is 8.31. The van der Waals surface area contributed by atoms with Crippen molar-refractivity contribution in [2.45, 2.75) is 29.4 Å². The lowest BCUT2D eigenvalue weighted by atomic mass is 9.89. The standard InChI is InChI=1S/C9H12Br2/c1-5-2-3-6-4-7(10)8(5)9(6)11/h2,6-9H,3-4H2,1H3/t6-,7-,8+,9+/m1/s1. The van der Waals surface area contributed by atoms with E-state index in [-0.39, 0.29) is 0 Å². The van der Waals surface area contributed by atoms with E-state index in [0.717, 1.165) is 21.5 Å². The van der Waals surface area contributed by atoms with Crippen molar-refractivity contribution in [3.05, 3.63) is 11.6 Å². The zero-order valence-electron chi connectivity index (χ0n) is 6.56. The van der Waals surface area contributed by atoms with Crippen LogP contribution in [0, 0.1) is 11.8 Å². The van der Waals surface area contributed by atoms with Crippen LogP contribution in [0.15, 0.2) is 11.6 Å². The van der Waals surface area contributed by atoms with Crippen molar-refractivity contribution in [1.29, 1.82) is 0 Å². The Labute approximate surface area is 84.7 Å². The summed E-state index contributed by atoms with van der Waals surface area (Å²) in [5.41, 5.74) is 1.57. The van der Waals surface area contributed by atoms with Crippen molar-refractivity contribution >= 4 is 31.9 Å². The van der Waals surface area contributed by atoms with Gasteiger partial charge in [-0.25, -0.2) is 0 Å². The molecule has 0 N–H and O–H groups in total. The number of hydrogen-bond donors (Lipinski definition) is 0. The van der Waals surface area contributed by atoms with Gasteiger partial charge in [-0.1, -0.05) is 43.5 Å². The first-order valence-corrected chi connectivity index (χ1v) is 5.98. The number of fused-ring (bicyclic) bond motifs is 2. The molecule has 11 heavy (non-hydrogen) atoms. The van der Waals surface area contributed by atoms with Crippen LogP contribution in [0.5, 0.6) is 0 Å². The van der Waals surface area contributed by atoms with Crippen molar-refractivity contribution in [2.75, 3.05) is 0 Å². The van der Waals surface area contributed by atoms with Crippen LogP contribution < -0.4 is 0 Å². The smallest absolute Gasteiger partial charge is 0.0253 e. The second kappa shape index (κ2) is 2.88. The summed E-state index contributed by atoms with van der Waals surface area (Å²) in [5.74, 6) is 1.64. The van der Waals surface area contributed by atoms with Crippen LogP contribution in [0.4, 0.5) is 0 Å². The molecule has 4 atom stereocenters. The van der Waals surface area contributed by atoms with E-state index in [2.05, 4.69) is 44.9 Å². The minimum atomic E-state index is 0.718. The average Bonchev–Trinajstić information content (AvgIpc) is 2.11. The lowest BCUT2D eigenvalue weighted by molar-refractivity contribution is 0.528. The van der Waals surface area contributed by atoms with Gasteiger partial charge in [0.1, 0.15) is 0 Å². The van der Waals surface area contributed by atoms with Crippen LogP contribution in [0.3, 0.4) is 0 Å². The number of hydrogen-bond acceptors (Lipinski definition) is 0. The third-order valence-electron chi connectivity index (χ3n) is 2.98.